The summed E-state index contributed by atoms with van der Waals surface area (Å²) in [5, 5.41) is 45.5. The first kappa shape index (κ1) is 28.1. The van der Waals surface area contributed by atoms with E-state index in [4.69, 9.17) is 5.73 Å². The third kappa shape index (κ3) is 3.97. The first-order chi connectivity index (χ1) is 19.2. The number of aldehydes is 1. The van der Waals surface area contributed by atoms with Crippen molar-refractivity contribution in [2.45, 2.75) is 31.0 Å². The van der Waals surface area contributed by atoms with Crippen molar-refractivity contribution in [3.63, 3.8) is 0 Å². The fourth-order valence-corrected chi connectivity index (χ4v) is 6.70. The number of hydrogen-bond donors (Lipinski definition) is 5. The Morgan fingerprint density at radius 2 is 1.88 bits per heavy atom. The zero-order valence-electron chi connectivity index (χ0n) is 23.1. The van der Waals surface area contributed by atoms with Gasteiger partial charge in [-0.2, -0.15) is 0 Å². The third-order valence-corrected chi connectivity index (χ3v) is 8.52. The zero-order valence-corrected chi connectivity index (χ0v) is 23.1. The second-order valence-corrected chi connectivity index (χ2v) is 11.3. The van der Waals surface area contributed by atoms with Gasteiger partial charge in [0.2, 0.25) is 5.78 Å². The molecule has 41 heavy (non-hydrogen) atoms. The van der Waals surface area contributed by atoms with E-state index in [-0.39, 0.29) is 36.3 Å². The van der Waals surface area contributed by atoms with Crippen LogP contribution in [0, 0.1) is 11.8 Å². The molecule has 0 saturated heterocycles. The van der Waals surface area contributed by atoms with Crippen LogP contribution in [0.1, 0.15) is 38.3 Å². The number of phenolic OH excluding ortho intramolecular Hbond substituents is 1. The van der Waals surface area contributed by atoms with Crippen LogP contribution in [0.25, 0.3) is 0 Å². The van der Waals surface area contributed by atoms with E-state index in [2.05, 4.69) is 0 Å². The average molecular weight is 565 g/mol. The molecule has 3 aliphatic rings. The molecule has 3 aliphatic carbocycles. The van der Waals surface area contributed by atoms with Crippen molar-refractivity contribution in [1.29, 1.82) is 0 Å². The van der Waals surface area contributed by atoms with Crippen LogP contribution in [0.2, 0.25) is 0 Å². The summed E-state index contributed by atoms with van der Waals surface area (Å²) in [4.78, 5) is 54.2. The minimum absolute atomic E-state index is 0.0129. The maximum Gasteiger partial charge on any atom is 0.255 e. The van der Waals surface area contributed by atoms with Gasteiger partial charge in [0, 0.05) is 54.8 Å². The Bertz CT molecular complexity index is 1580. The SMILES string of the molecule is CN(C)c1cc(Cn2ccc(C=O)c2)c(O)c2c1C[C@H]1C[C@H]3[C@H](N(C)C)C(O)=C(C(N)=O)C(=O)[C@@]3(O)C(O)=C1C2=O. The summed E-state index contributed by atoms with van der Waals surface area (Å²) < 4.78 is 1.68. The van der Waals surface area contributed by atoms with Gasteiger partial charge in [0.15, 0.2) is 17.7 Å². The molecule has 0 fully saturated rings. The standard InChI is InChI=1S/C29H32N4O8/c1-31(2)18-9-15(11-33-6-5-13(10-33)12-34)23(35)20-16(18)7-14-8-17-22(32(3)4)25(37)21(28(30)40)27(39)29(17,41)26(38)19(14)24(20)36/h5-6,9-10,12,14,17,22,35,37-38,41H,7-8,11H2,1-4H3,(H2,30,40)/t14-,17-,22-,29-/m0/s1. The highest BCUT2D eigenvalue weighted by atomic mass is 16.3. The summed E-state index contributed by atoms with van der Waals surface area (Å²) >= 11 is 0. The quantitative estimate of drug-likeness (QED) is 0.249. The van der Waals surface area contributed by atoms with E-state index in [1.807, 2.05) is 0 Å². The van der Waals surface area contributed by atoms with Crippen LogP contribution in [-0.4, -0.2) is 93.5 Å². The van der Waals surface area contributed by atoms with Crippen molar-refractivity contribution in [1.82, 2.24) is 9.47 Å². The van der Waals surface area contributed by atoms with Crippen LogP contribution >= 0.6 is 0 Å². The number of benzene rings is 1. The van der Waals surface area contributed by atoms with Crippen LogP contribution in [0.5, 0.6) is 5.75 Å². The monoisotopic (exact) mass is 564 g/mol. The van der Waals surface area contributed by atoms with Gasteiger partial charge in [-0.3, -0.25) is 24.1 Å². The van der Waals surface area contributed by atoms with Crippen LogP contribution in [-0.2, 0) is 22.6 Å². The number of anilines is 1. The molecule has 1 aromatic heterocycles. The molecule has 2 aromatic rings. The third-order valence-electron chi connectivity index (χ3n) is 8.52. The molecule has 1 heterocycles. The Hall–Kier alpha value is -4.42. The minimum atomic E-state index is -2.70. The van der Waals surface area contributed by atoms with E-state index in [0.717, 1.165) is 0 Å². The molecule has 4 atom stereocenters. The first-order valence-electron chi connectivity index (χ1n) is 13.0. The number of aromatic hydroxyl groups is 1. The summed E-state index contributed by atoms with van der Waals surface area (Å²) in [6, 6.07) is 2.32. The molecule has 1 amide bonds. The van der Waals surface area contributed by atoms with Gasteiger partial charge in [-0.25, -0.2) is 0 Å². The van der Waals surface area contributed by atoms with E-state index in [9.17, 15) is 39.6 Å². The van der Waals surface area contributed by atoms with Gasteiger partial charge in [0.05, 0.1) is 18.2 Å². The van der Waals surface area contributed by atoms with Crippen LogP contribution in [0.3, 0.4) is 0 Å². The highest BCUT2D eigenvalue weighted by Gasteiger charge is 2.63. The number of aliphatic hydroxyl groups excluding tert-OH is 2. The summed E-state index contributed by atoms with van der Waals surface area (Å²) in [6.07, 6.45) is 4.16. The predicted octanol–water partition coefficient (Wildman–Crippen LogP) is 0.849. The number of fused-ring (bicyclic) bond motifs is 3. The number of rotatable bonds is 6. The summed E-state index contributed by atoms with van der Waals surface area (Å²) in [5.74, 6) is -6.89. The summed E-state index contributed by atoms with van der Waals surface area (Å²) in [5.41, 5.74) is 3.58. The van der Waals surface area contributed by atoms with E-state index in [0.29, 0.717) is 28.7 Å². The number of Topliss-reactive ketones (excluding diaryl/α,β-unsaturated/α-hetero) is 2. The van der Waals surface area contributed by atoms with Gasteiger partial charge in [-0.05, 0) is 50.6 Å². The molecule has 12 nitrogen and oxygen atoms in total. The Balaban J connectivity index is 1.70. The van der Waals surface area contributed by atoms with Crippen molar-refractivity contribution in [2.75, 3.05) is 33.1 Å². The molecule has 6 N–H and O–H groups in total. The van der Waals surface area contributed by atoms with Crippen molar-refractivity contribution < 1.29 is 39.6 Å². The molecular weight excluding hydrogens is 532 g/mol. The summed E-state index contributed by atoms with van der Waals surface area (Å²) in [6.45, 7) is 0.136. The van der Waals surface area contributed by atoms with Gasteiger partial charge in [0.25, 0.3) is 5.91 Å². The average Bonchev–Trinajstić information content (AvgIpc) is 3.34. The number of ketones is 2. The normalized spacial score (nSPS) is 25.7. The maximum absolute atomic E-state index is 14.1. The van der Waals surface area contributed by atoms with Crippen molar-refractivity contribution in [2.24, 2.45) is 17.6 Å². The molecule has 12 heteroatoms. The molecule has 0 unspecified atom stereocenters. The number of nitrogens with zero attached hydrogens (tertiary/aromatic N) is 3. The van der Waals surface area contributed by atoms with Crippen molar-refractivity contribution in [3.8, 4) is 5.75 Å². The number of amides is 1. The van der Waals surface area contributed by atoms with Crippen molar-refractivity contribution in [3.05, 3.63) is 69.4 Å². The topological polar surface area (TPSA) is 187 Å². The van der Waals surface area contributed by atoms with E-state index in [1.54, 1.807) is 62.2 Å². The molecular formula is C29H32N4O8. The zero-order chi connectivity index (χ0) is 30.1. The van der Waals surface area contributed by atoms with Crippen LogP contribution < -0.4 is 10.6 Å². The molecule has 0 saturated carbocycles. The highest BCUT2D eigenvalue weighted by molar-refractivity contribution is 6.25. The first-order valence-corrected chi connectivity index (χ1v) is 13.0. The smallest absolute Gasteiger partial charge is 0.255 e. The summed E-state index contributed by atoms with van der Waals surface area (Å²) in [7, 11) is 6.75. The van der Waals surface area contributed by atoms with Gasteiger partial charge >= 0.3 is 0 Å². The second kappa shape index (κ2) is 9.60. The molecule has 216 valence electrons. The Kier molecular flexibility index (Phi) is 6.58. The largest absolute Gasteiger partial charge is 0.510 e. The van der Waals surface area contributed by atoms with E-state index in [1.165, 1.54) is 4.90 Å². The van der Waals surface area contributed by atoms with Crippen LogP contribution in [0.4, 0.5) is 5.69 Å². The lowest BCUT2D eigenvalue weighted by atomic mass is 9.58. The number of nitrogens with two attached hydrogens (primary N) is 1. The lowest BCUT2D eigenvalue weighted by Crippen LogP contribution is -2.63. The molecule has 5 rings (SSSR count). The fraction of sp³-hybridized carbons (Fsp3) is 0.379. The Morgan fingerprint density at radius 1 is 1.20 bits per heavy atom. The highest BCUT2D eigenvalue weighted by Crippen LogP contribution is 2.53. The van der Waals surface area contributed by atoms with Crippen molar-refractivity contribution >= 4 is 29.4 Å². The molecule has 0 aliphatic heterocycles. The maximum atomic E-state index is 14.1. The number of allylic oxidation sites excluding steroid dienone is 1. The van der Waals surface area contributed by atoms with Gasteiger partial charge < -0.3 is 35.6 Å². The lowest BCUT2D eigenvalue weighted by Gasteiger charge is -2.50. The number of hydrogen-bond acceptors (Lipinski definition) is 10. The number of aliphatic hydroxyl groups is 3. The Morgan fingerprint density at radius 3 is 2.44 bits per heavy atom. The van der Waals surface area contributed by atoms with E-state index < -0.39 is 58.0 Å². The number of primary amides is 1. The predicted molar refractivity (Wildman–Crippen MR) is 147 cm³/mol. The minimum Gasteiger partial charge on any atom is -0.510 e. The fourth-order valence-electron chi connectivity index (χ4n) is 6.70. The Labute approximate surface area is 235 Å². The van der Waals surface area contributed by atoms with Gasteiger partial charge in [0.1, 0.15) is 22.8 Å². The number of phenols is 1. The lowest BCUT2D eigenvalue weighted by molar-refractivity contribution is -0.148. The molecule has 0 bridgehead atoms. The van der Waals surface area contributed by atoms with Gasteiger partial charge in [-0.15, -0.1) is 0 Å². The molecule has 0 spiro atoms. The molecule has 1 aromatic carbocycles. The number of carbonyl (C=O) groups is 4. The number of likely N-dealkylation sites (N-methyl/N-ethyl adjacent to an activating group) is 1. The van der Waals surface area contributed by atoms with E-state index >= 15 is 0 Å². The number of carbonyl (C=O) groups excluding carboxylic acids is 4. The second-order valence-electron chi connectivity index (χ2n) is 11.3. The van der Waals surface area contributed by atoms with Gasteiger partial charge in [-0.1, -0.05) is 0 Å². The van der Waals surface area contributed by atoms with Crippen LogP contribution in [0.15, 0.2) is 47.2 Å². The number of aromatic nitrogens is 1. The molecule has 0 radical (unpaired) electrons.